The van der Waals surface area contributed by atoms with Crippen LogP contribution in [0.4, 0.5) is 13.2 Å². The fourth-order valence-electron chi connectivity index (χ4n) is 2.38. The third kappa shape index (κ3) is 3.40. The second-order valence-electron chi connectivity index (χ2n) is 5.22. The summed E-state index contributed by atoms with van der Waals surface area (Å²) < 4.78 is 44.7. The number of methoxy groups -OCH3 is 1. The molecule has 0 aliphatic rings. The minimum Gasteiger partial charge on any atom is -0.497 e. The zero-order valence-electron chi connectivity index (χ0n) is 12.8. The van der Waals surface area contributed by atoms with Crippen LogP contribution in [0, 0.1) is 0 Å². The third-order valence-corrected chi connectivity index (χ3v) is 3.61. The van der Waals surface area contributed by atoms with Gasteiger partial charge in [0.2, 0.25) is 0 Å². The lowest BCUT2D eigenvalue weighted by atomic mass is 10.0. The van der Waals surface area contributed by atoms with E-state index in [0.29, 0.717) is 22.4 Å². The van der Waals surface area contributed by atoms with Crippen molar-refractivity contribution in [2.45, 2.75) is 6.18 Å². The van der Waals surface area contributed by atoms with E-state index in [1.54, 1.807) is 54.6 Å². The van der Waals surface area contributed by atoms with Gasteiger partial charge in [-0.25, -0.2) is 4.98 Å². The van der Waals surface area contributed by atoms with Crippen molar-refractivity contribution in [3.63, 3.8) is 0 Å². The van der Waals surface area contributed by atoms with Crippen LogP contribution in [-0.2, 0) is 6.18 Å². The highest BCUT2D eigenvalue weighted by molar-refractivity contribution is 5.71. The van der Waals surface area contributed by atoms with Crippen molar-refractivity contribution in [3.8, 4) is 28.1 Å². The summed E-state index contributed by atoms with van der Waals surface area (Å²) in [6, 6.07) is 18.4. The molecule has 0 radical (unpaired) electrons. The molecule has 0 unspecified atom stereocenters. The van der Waals surface area contributed by atoms with E-state index in [-0.39, 0.29) is 5.69 Å². The average molecular weight is 329 g/mol. The van der Waals surface area contributed by atoms with Gasteiger partial charge < -0.3 is 4.74 Å². The Bertz CT molecular complexity index is 827. The number of ether oxygens (including phenoxy) is 1. The van der Waals surface area contributed by atoms with Crippen molar-refractivity contribution in [1.29, 1.82) is 0 Å². The van der Waals surface area contributed by atoms with Crippen molar-refractivity contribution in [2.24, 2.45) is 0 Å². The second-order valence-corrected chi connectivity index (χ2v) is 5.22. The number of pyridine rings is 1. The predicted molar refractivity (Wildman–Crippen MR) is 86.7 cm³/mol. The molecule has 0 atom stereocenters. The maximum atomic E-state index is 13.2. The largest absolute Gasteiger partial charge is 0.497 e. The number of hydrogen-bond acceptors (Lipinski definition) is 2. The first-order valence-electron chi connectivity index (χ1n) is 7.26. The van der Waals surface area contributed by atoms with Crippen LogP contribution in [0.1, 0.15) is 5.69 Å². The Kier molecular flexibility index (Phi) is 4.25. The van der Waals surface area contributed by atoms with Crippen molar-refractivity contribution in [3.05, 3.63) is 72.4 Å². The van der Waals surface area contributed by atoms with E-state index >= 15 is 0 Å². The molecule has 2 aromatic carbocycles. The summed E-state index contributed by atoms with van der Waals surface area (Å²) in [6.45, 7) is 0. The van der Waals surface area contributed by atoms with E-state index in [0.717, 1.165) is 6.07 Å². The lowest BCUT2D eigenvalue weighted by Crippen LogP contribution is -2.09. The van der Waals surface area contributed by atoms with E-state index in [9.17, 15) is 13.2 Å². The standard InChI is InChI=1S/C19H14F3NO/c1-24-16-9-7-14(8-10-16)17-11-15(13-5-3-2-4-6-13)12-18(23-17)19(20,21)22/h2-12H,1H3. The topological polar surface area (TPSA) is 22.1 Å². The first-order chi connectivity index (χ1) is 11.5. The Morgan fingerprint density at radius 1 is 0.792 bits per heavy atom. The number of hydrogen-bond donors (Lipinski definition) is 0. The summed E-state index contributed by atoms with van der Waals surface area (Å²) in [5, 5.41) is 0. The Morgan fingerprint density at radius 2 is 1.46 bits per heavy atom. The molecular weight excluding hydrogens is 315 g/mol. The monoisotopic (exact) mass is 329 g/mol. The third-order valence-electron chi connectivity index (χ3n) is 3.61. The van der Waals surface area contributed by atoms with Crippen LogP contribution >= 0.6 is 0 Å². The van der Waals surface area contributed by atoms with Gasteiger partial charge in [-0.05, 0) is 47.5 Å². The number of halogens is 3. The molecule has 0 N–H and O–H groups in total. The van der Waals surface area contributed by atoms with Crippen LogP contribution in [0.25, 0.3) is 22.4 Å². The minimum atomic E-state index is -4.51. The molecule has 0 spiro atoms. The minimum absolute atomic E-state index is 0.270. The first kappa shape index (κ1) is 16.1. The maximum absolute atomic E-state index is 13.2. The number of benzene rings is 2. The molecule has 5 heteroatoms. The molecule has 0 fully saturated rings. The van der Waals surface area contributed by atoms with E-state index in [4.69, 9.17) is 4.74 Å². The molecule has 122 valence electrons. The van der Waals surface area contributed by atoms with Crippen LogP contribution in [0.5, 0.6) is 5.75 Å². The first-order valence-corrected chi connectivity index (χ1v) is 7.26. The number of rotatable bonds is 3. The molecule has 3 aromatic rings. The quantitative estimate of drug-likeness (QED) is 0.638. The van der Waals surface area contributed by atoms with Crippen molar-refractivity contribution < 1.29 is 17.9 Å². The van der Waals surface area contributed by atoms with E-state index in [2.05, 4.69) is 4.98 Å². The summed E-state index contributed by atoms with van der Waals surface area (Å²) in [5.41, 5.74) is 1.14. The molecule has 0 amide bonds. The molecule has 1 aromatic heterocycles. The molecule has 24 heavy (non-hydrogen) atoms. The van der Waals surface area contributed by atoms with Gasteiger partial charge in [-0.3, -0.25) is 0 Å². The molecular formula is C19H14F3NO. The van der Waals surface area contributed by atoms with Crippen molar-refractivity contribution >= 4 is 0 Å². The summed E-state index contributed by atoms with van der Waals surface area (Å²) in [5.74, 6) is 0.633. The Hall–Kier alpha value is -2.82. The number of nitrogens with zero attached hydrogens (tertiary/aromatic N) is 1. The van der Waals surface area contributed by atoms with Crippen LogP contribution in [-0.4, -0.2) is 12.1 Å². The van der Waals surface area contributed by atoms with Crippen molar-refractivity contribution in [2.75, 3.05) is 7.11 Å². The fourth-order valence-corrected chi connectivity index (χ4v) is 2.38. The maximum Gasteiger partial charge on any atom is 0.433 e. The Balaban J connectivity index is 2.14. The van der Waals surface area contributed by atoms with Gasteiger partial charge in [-0.2, -0.15) is 13.2 Å². The van der Waals surface area contributed by atoms with Crippen LogP contribution in [0.15, 0.2) is 66.7 Å². The lowest BCUT2D eigenvalue weighted by molar-refractivity contribution is -0.141. The summed E-state index contributed by atoms with van der Waals surface area (Å²) in [4.78, 5) is 3.79. The lowest BCUT2D eigenvalue weighted by Gasteiger charge is -2.12. The van der Waals surface area contributed by atoms with Gasteiger partial charge in [-0.15, -0.1) is 0 Å². The van der Waals surface area contributed by atoms with Gasteiger partial charge in [-0.1, -0.05) is 30.3 Å². The molecule has 0 saturated carbocycles. The summed E-state index contributed by atoms with van der Waals surface area (Å²) in [6.07, 6.45) is -4.51. The van der Waals surface area contributed by atoms with Gasteiger partial charge in [0.25, 0.3) is 0 Å². The molecule has 0 aliphatic heterocycles. The zero-order chi connectivity index (χ0) is 17.2. The van der Waals surface area contributed by atoms with Crippen molar-refractivity contribution in [1.82, 2.24) is 4.98 Å². The van der Waals surface area contributed by atoms with E-state index in [1.807, 2.05) is 6.07 Å². The Labute approximate surface area is 137 Å². The zero-order valence-corrected chi connectivity index (χ0v) is 12.8. The highest BCUT2D eigenvalue weighted by Crippen LogP contribution is 2.34. The fraction of sp³-hybridized carbons (Fsp3) is 0.105. The number of alkyl halides is 3. The van der Waals surface area contributed by atoms with Gasteiger partial charge in [0.15, 0.2) is 0 Å². The molecule has 0 saturated heterocycles. The summed E-state index contributed by atoms with van der Waals surface area (Å²) >= 11 is 0. The van der Waals surface area contributed by atoms with Gasteiger partial charge in [0.1, 0.15) is 11.4 Å². The van der Waals surface area contributed by atoms with Gasteiger partial charge in [0, 0.05) is 5.56 Å². The molecule has 2 nitrogen and oxygen atoms in total. The SMILES string of the molecule is COc1ccc(-c2cc(-c3ccccc3)cc(C(F)(F)F)n2)cc1. The molecule has 1 heterocycles. The molecule has 3 rings (SSSR count). The highest BCUT2D eigenvalue weighted by atomic mass is 19.4. The predicted octanol–water partition coefficient (Wildman–Crippen LogP) is 5.44. The van der Waals surface area contributed by atoms with E-state index < -0.39 is 11.9 Å². The normalized spacial score (nSPS) is 11.3. The second kappa shape index (κ2) is 6.35. The average Bonchev–Trinajstić information content (AvgIpc) is 2.61. The van der Waals surface area contributed by atoms with Gasteiger partial charge >= 0.3 is 6.18 Å². The van der Waals surface area contributed by atoms with Crippen LogP contribution in [0.2, 0.25) is 0 Å². The summed E-state index contributed by atoms with van der Waals surface area (Å²) in [7, 11) is 1.53. The van der Waals surface area contributed by atoms with Crippen LogP contribution in [0.3, 0.4) is 0 Å². The molecule has 0 aliphatic carbocycles. The molecule has 0 bridgehead atoms. The van der Waals surface area contributed by atoms with Gasteiger partial charge in [0.05, 0.1) is 12.8 Å². The smallest absolute Gasteiger partial charge is 0.433 e. The highest BCUT2D eigenvalue weighted by Gasteiger charge is 2.33. The van der Waals surface area contributed by atoms with Crippen LogP contribution < -0.4 is 4.74 Å². The number of aromatic nitrogens is 1. The van der Waals surface area contributed by atoms with E-state index in [1.165, 1.54) is 7.11 Å². The Morgan fingerprint density at radius 3 is 2.04 bits per heavy atom.